The molecule has 1 fully saturated rings. The lowest BCUT2D eigenvalue weighted by Gasteiger charge is -2.30. The average Bonchev–Trinajstić information content (AvgIpc) is 3.45. The Bertz CT molecular complexity index is 1240. The van der Waals surface area contributed by atoms with Crippen LogP contribution in [0.2, 0.25) is 5.02 Å². The number of carbonyl (C=O) groups is 1. The molecule has 0 radical (unpaired) electrons. The summed E-state index contributed by atoms with van der Waals surface area (Å²) in [6.45, 7) is 4.27. The van der Waals surface area contributed by atoms with E-state index in [4.69, 9.17) is 16.1 Å². The number of nitrogens with one attached hydrogen (secondary N) is 1. The number of anilines is 1. The van der Waals surface area contributed by atoms with Gasteiger partial charge in [-0.3, -0.25) is 4.79 Å². The smallest absolute Gasteiger partial charge is 0.252 e. The number of benzene rings is 1. The van der Waals surface area contributed by atoms with Crippen molar-refractivity contribution in [3.63, 3.8) is 0 Å². The Labute approximate surface area is 195 Å². The van der Waals surface area contributed by atoms with Crippen LogP contribution in [0.15, 0.2) is 38.4 Å². The minimum Gasteiger partial charge on any atom is -0.339 e. The SMILES string of the molecule is CCc1nc(-c2csc(S(=O)(=O)N3CCCC(C(=O)Nc4ccc(Cl)cc4C)C3)c2)no1. The molecule has 3 aromatic rings. The highest BCUT2D eigenvalue weighted by molar-refractivity contribution is 7.91. The van der Waals surface area contributed by atoms with Crippen LogP contribution >= 0.6 is 22.9 Å². The molecule has 1 aromatic carbocycles. The fourth-order valence-electron chi connectivity index (χ4n) is 3.59. The van der Waals surface area contributed by atoms with Crippen LogP contribution in [0.1, 0.15) is 31.2 Å². The highest BCUT2D eigenvalue weighted by Crippen LogP contribution is 2.31. The number of carbonyl (C=O) groups excluding carboxylic acids is 1. The monoisotopic (exact) mass is 494 g/mol. The molecule has 1 aliphatic rings. The van der Waals surface area contributed by atoms with Gasteiger partial charge in [0.1, 0.15) is 4.21 Å². The van der Waals surface area contributed by atoms with Crippen molar-refractivity contribution in [3.05, 3.63) is 46.1 Å². The van der Waals surface area contributed by atoms with Crippen LogP contribution in [0.3, 0.4) is 0 Å². The van der Waals surface area contributed by atoms with Crippen LogP contribution in [0.4, 0.5) is 5.69 Å². The van der Waals surface area contributed by atoms with Crippen molar-refractivity contribution in [1.29, 1.82) is 0 Å². The summed E-state index contributed by atoms with van der Waals surface area (Å²) in [7, 11) is -3.73. The predicted octanol–water partition coefficient (Wildman–Crippen LogP) is 4.36. The molecule has 1 unspecified atom stereocenters. The van der Waals surface area contributed by atoms with Gasteiger partial charge in [-0.1, -0.05) is 23.7 Å². The van der Waals surface area contributed by atoms with Crippen molar-refractivity contribution in [3.8, 4) is 11.4 Å². The third-order valence-electron chi connectivity index (χ3n) is 5.40. The van der Waals surface area contributed by atoms with Crippen molar-refractivity contribution in [2.75, 3.05) is 18.4 Å². The summed E-state index contributed by atoms with van der Waals surface area (Å²) in [5.74, 6) is 0.239. The molecule has 8 nitrogen and oxygen atoms in total. The Hall–Kier alpha value is -2.27. The number of piperidine rings is 1. The van der Waals surface area contributed by atoms with Crippen LogP contribution in [-0.2, 0) is 21.2 Å². The maximum Gasteiger partial charge on any atom is 0.252 e. The van der Waals surface area contributed by atoms with Crippen LogP contribution in [0.25, 0.3) is 11.4 Å². The molecule has 1 saturated heterocycles. The second kappa shape index (κ2) is 9.30. The molecule has 1 aliphatic heterocycles. The average molecular weight is 495 g/mol. The van der Waals surface area contributed by atoms with Crippen molar-refractivity contribution in [1.82, 2.24) is 14.4 Å². The molecular formula is C21H23ClN4O4S2. The first-order valence-corrected chi connectivity index (χ1v) is 13.0. The summed E-state index contributed by atoms with van der Waals surface area (Å²) in [6, 6.07) is 6.80. The molecule has 11 heteroatoms. The largest absolute Gasteiger partial charge is 0.339 e. The number of hydrogen-bond donors (Lipinski definition) is 1. The second-order valence-electron chi connectivity index (χ2n) is 7.67. The van der Waals surface area contributed by atoms with Gasteiger partial charge in [-0.15, -0.1) is 11.3 Å². The normalized spacial score (nSPS) is 17.4. The van der Waals surface area contributed by atoms with E-state index >= 15 is 0 Å². The standard InChI is InChI=1S/C21H23ClN4O4S2/c1-3-18-24-20(25-30-18)15-10-19(31-12-15)32(28,29)26-8-4-5-14(11-26)21(27)23-17-7-6-16(22)9-13(17)2/h6-7,9-10,12,14H,3-5,8,11H2,1-2H3,(H,23,27). The molecule has 0 bridgehead atoms. The van der Waals surface area contributed by atoms with E-state index in [2.05, 4.69) is 15.5 Å². The van der Waals surface area contributed by atoms with Crippen LogP contribution in [0, 0.1) is 12.8 Å². The van der Waals surface area contributed by atoms with Crippen molar-refractivity contribution in [2.45, 2.75) is 37.3 Å². The molecule has 3 heterocycles. The number of halogens is 1. The lowest BCUT2D eigenvalue weighted by atomic mass is 9.98. The Balaban J connectivity index is 1.48. The molecule has 1 amide bonds. The molecule has 4 rings (SSSR count). The van der Waals surface area contributed by atoms with E-state index in [9.17, 15) is 13.2 Å². The van der Waals surface area contributed by atoms with Gasteiger partial charge in [-0.05, 0) is 49.6 Å². The number of rotatable bonds is 6. The zero-order chi connectivity index (χ0) is 22.9. The van der Waals surface area contributed by atoms with E-state index in [1.165, 1.54) is 4.31 Å². The zero-order valence-corrected chi connectivity index (χ0v) is 20.1. The van der Waals surface area contributed by atoms with E-state index in [-0.39, 0.29) is 16.7 Å². The Morgan fingerprint density at radius 1 is 1.38 bits per heavy atom. The van der Waals surface area contributed by atoms with Crippen molar-refractivity contribution < 1.29 is 17.7 Å². The molecule has 1 atom stereocenters. The lowest BCUT2D eigenvalue weighted by Crippen LogP contribution is -2.43. The number of aromatic nitrogens is 2. The van der Waals surface area contributed by atoms with E-state index in [0.717, 1.165) is 16.9 Å². The predicted molar refractivity (Wildman–Crippen MR) is 123 cm³/mol. The number of amides is 1. The van der Waals surface area contributed by atoms with E-state index in [1.54, 1.807) is 29.6 Å². The van der Waals surface area contributed by atoms with Gasteiger partial charge in [0.05, 0.1) is 5.92 Å². The summed E-state index contributed by atoms with van der Waals surface area (Å²) in [5.41, 5.74) is 2.13. The van der Waals surface area contributed by atoms with Gasteiger partial charge >= 0.3 is 0 Å². The first-order chi connectivity index (χ1) is 15.3. The quantitative estimate of drug-likeness (QED) is 0.545. The van der Waals surface area contributed by atoms with Gasteiger partial charge in [-0.2, -0.15) is 9.29 Å². The van der Waals surface area contributed by atoms with Crippen molar-refractivity contribution >= 4 is 44.6 Å². The number of thiophene rings is 1. The summed E-state index contributed by atoms with van der Waals surface area (Å²) in [4.78, 5) is 17.1. The van der Waals surface area contributed by atoms with E-state index in [1.807, 2.05) is 13.8 Å². The van der Waals surface area contributed by atoms with Gasteiger partial charge in [0.15, 0.2) is 0 Å². The van der Waals surface area contributed by atoms with E-state index in [0.29, 0.717) is 53.8 Å². The molecule has 32 heavy (non-hydrogen) atoms. The third kappa shape index (κ3) is 4.73. The van der Waals surface area contributed by atoms with Gasteiger partial charge in [-0.25, -0.2) is 8.42 Å². The van der Waals surface area contributed by atoms with E-state index < -0.39 is 15.9 Å². The van der Waals surface area contributed by atoms with Crippen molar-refractivity contribution in [2.24, 2.45) is 5.92 Å². The first-order valence-electron chi connectivity index (χ1n) is 10.3. The number of sulfonamides is 1. The van der Waals surface area contributed by atoms with Gasteiger partial charge in [0, 0.05) is 41.2 Å². The molecular weight excluding hydrogens is 472 g/mol. The topological polar surface area (TPSA) is 105 Å². The zero-order valence-electron chi connectivity index (χ0n) is 17.7. The summed E-state index contributed by atoms with van der Waals surface area (Å²) < 4.78 is 33.2. The fourth-order valence-corrected chi connectivity index (χ4v) is 6.65. The van der Waals surface area contributed by atoms with Crippen LogP contribution in [-0.4, -0.2) is 41.9 Å². The lowest BCUT2D eigenvalue weighted by molar-refractivity contribution is -0.120. The summed E-state index contributed by atoms with van der Waals surface area (Å²) in [5, 5.41) is 9.11. The van der Waals surface area contributed by atoms with Gasteiger partial charge in [0.2, 0.25) is 17.6 Å². The maximum absolute atomic E-state index is 13.2. The molecule has 1 N–H and O–H groups in total. The maximum atomic E-state index is 13.2. The number of nitrogens with zero attached hydrogens (tertiary/aromatic N) is 3. The third-order valence-corrected chi connectivity index (χ3v) is 8.91. The molecule has 0 aliphatic carbocycles. The van der Waals surface area contributed by atoms with Crippen LogP contribution in [0.5, 0.6) is 0 Å². The van der Waals surface area contributed by atoms with Gasteiger partial charge in [0.25, 0.3) is 10.0 Å². The minimum atomic E-state index is -3.73. The summed E-state index contributed by atoms with van der Waals surface area (Å²) >= 11 is 7.09. The fraction of sp³-hybridized carbons (Fsp3) is 0.381. The Kier molecular flexibility index (Phi) is 6.66. The molecule has 0 spiro atoms. The second-order valence-corrected chi connectivity index (χ2v) is 11.2. The first kappa shape index (κ1) is 22.9. The number of hydrogen-bond acceptors (Lipinski definition) is 7. The molecule has 170 valence electrons. The summed E-state index contributed by atoms with van der Waals surface area (Å²) in [6.07, 6.45) is 1.84. The Morgan fingerprint density at radius 3 is 2.91 bits per heavy atom. The highest BCUT2D eigenvalue weighted by Gasteiger charge is 2.34. The minimum absolute atomic E-state index is 0.135. The highest BCUT2D eigenvalue weighted by atomic mass is 35.5. The van der Waals surface area contributed by atoms with Crippen LogP contribution < -0.4 is 5.32 Å². The molecule has 0 saturated carbocycles. The number of aryl methyl sites for hydroxylation is 2. The molecule has 2 aromatic heterocycles. The Morgan fingerprint density at radius 2 is 2.19 bits per heavy atom. The van der Waals surface area contributed by atoms with Gasteiger partial charge < -0.3 is 9.84 Å².